The molecule has 1 aromatic heterocycles. The second kappa shape index (κ2) is 6.15. The highest BCUT2D eigenvalue weighted by Gasteiger charge is 2.42. The summed E-state index contributed by atoms with van der Waals surface area (Å²) in [5.41, 5.74) is 1.09. The number of rotatable bonds is 2. The van der Waals surface area contributed by atoms with Crippen molar-refractivity contribution in [3.8, 4) is 5.75 Å². The van der Waals surface area contributed by atoms with Gasteiger partial charge in [0.15, 0.2) is 0 Å². The summed E-state index contributed by atoms with van der Waals surface area (Å²) < 4.78 is 5.43. The lowest BCUT2D eigenvalue weighted by atomic mass is 9.71. The lowest BCUT2D eigenvalue weighted by molar-refractivity contribution is -0.0968. The normalized spacial score (nSPS) is 27.4. The van der Waals surface area contributed by atoms with Crippen LogP contribution in [0, 0.1) is 12.8 Å². The van der Waals surface area contributed by atoms with Crippen LogP contribution in [0.25, 0.3) is 11.0 Å². The van der Waals surface area contributed by atoms with Crippen molar-refractivity contribution in [2.75, 3.05) is 13.1 Å². The van der Waals surface area contributed by atoms with E-state index in [1.165, 1.54) is 12.5 Å². The summed E-state index contributed by atoms with van der Waals surface area (Å²) in [6.07, 6.45) is 5.02. The lowest BCUT2D eigenvalue weighted by Gasteiger charge is -2.47. The SMILES string of the molecule is Cc1cc(=O)oc2c(CN3CCC4(O)CCCCC4C3)c(O)ccc12. The van der Waals surface area contributed by atoms with Gasteiger partial charge >= 0.3 is 5.63 Å². The molecule has 5 nitrogen and oxygen atoms in total. The van der Waals surface area contributed by atoms with E-state index in [0.29, 0.717) is 23.6 Å². The summed E-state index contributed by atoms with van der Waals surface area (Å²) in [5.74, 6) is 0.451. The van der Waals surface area contributed by atoms with Gasteiger partial charge in [-0.3, -0.25) is 4.90 Å². The van der Waals surface area contributed by atoms with E-state index in [2.05, 4.69) is 4.90 Å². The number of likely N-dealkylation sites (tertiary alicyclic amines) is 1. The Morgan fingerprint density at radius 2 is 2.16 bits per heavy atom. The van der Waals surface area contributed by atoms with Crippen molar-refractivity contribution < 1.29 is 14.6 Å². The number of aryl methyl sites for hydroxylation is 1. The van der Waals surface area contributed by atoms with Crippen LogP contribution < -0.4 is 5.63 Å². The van der Waals surface area contributed by atoms with E-state index < -0.39 is 11.2 Å². The van der Waals surface area contributed by atoms with Gasteiger partial charge in [0, 0.05) is 37.0 Å². The number of piperidine rings is 1. The summed E-state index contributed by atoms with van der Waals surface area (Å²) in [4.78, 5) is 14.1. The van der Waals surface area contributed by atoms with Gasteiger partial charge in [-0.1, -0.05) is 12.8 Å². The number of aromatic hydroxyl groups is 1. The van der Waals surface area contributed by atoms with Crippen molar-refractivity contribution in [2.24, 2.45) is 5.92 Å². The zero-order chi connectivity index (χ0) is 17.6. The minimum Gasteiger partial charge on any atom is -0.507 e. The van der Waals surface area contributed by atoms with E-state index in [1.54, 1.807) is 12.1 Å². The Labute approximate surface area is 146 Å². The van der Waals surface area contributed by atoms with Crippen molar-refractivity contribution in [2.45, 2.75) is 51.2 Å². The second-order valence-corrected chi connectivity index (χ2v) is 7.72. The van der Waals surface area contributed by atoms with Crippen molar-refractivity contribution in [1.82, 2.24) is 4.90 Å². The highest BCUT2D eigenvalue weighted by atomic mass is 16.4. The maximum atomic E-state index is 11.8. The Morgan fingerprint density at radius 1 is 1.32 bits per heavy atom. The molecule has 4 rings (SSSR count). The highest BCUT2D eigenvalue weighted by Crippen LogP contribution is 2.40. The van der Waals surface area contributed by atoms with E-state index in [4.69, 9.17) is 4.42 Å². The third-order valence-electron chi connectivity index (χ3n) is 6.09. The molecule has 134 valence electrons. The van der Waals surface area contributed by atoms with Crippen LogP contribution in [0.4, 0.5) is 0 Å². The molecule has 2 aliphatic rings. The van der Waals surface area contributed by atoms with Crippen LogP contribution in [0.5, 0.6) is 5.75 Å². The third kappa shape index (κ3) is 2.96. The number of hydrogen-bond acceptors (Lipinski definition) is 5. The first-order valence-electron chi connectivity index (χ1n) is 9.16. The van der Waals surface area contributed by atoms with Crippen LogP contribution in [-0.2, 0) is 6.54 Å². The first kappa shape index (κ1) is 16.6. The maximum Gasteiger partial charge on any atom is 0.336 e. The number of phenolic OH excluding ortho intramolecular Hbond substituents is 1. The summed E-state index contributed by atoms with van der Waals surface area (Å²) in [6, 6.07) is 4.94. The Kier molecular flexibility index (Phi) is 4.08. The molecule has 1 saturated heterocycles. The number of nitrogens with zero attached hydrogens (tertiary/aromatic N) is 1. The predicted octanol–water partition coefficient (Wildman–Crippen LogP) is 2.93. The van der Waals surface area contributed by atoms with Crippen LogP contribution in [0.3, 0.4) is 0 Å². The highest BCUT2D eigenvalue weighted by molar-refractivity contribution is 5.84. The molecule has 1 aliphatic carbocycles. The fourth-order valence-corrected chi connectivity index (χ4v) is 4.59. The molecule has 0 amide bonds. The topological polar surface area (TPSA) is 73.9 Å². The largest absolute Gasteiger partial charge is 0.507 e. The van der Waals surface area contributed by atoms with Gasteiger partial charge < -0.3 is 14.6 Å². The number of benzene rings is 1. The number of aliphatic hydroxyl groups is 1. The van der Waals surface area contributed by atoms with Crippen LogP contribution in [-0.4, -0.2) is 33.8 Å². The molecule has 2 fully saturated rings. The van der Waals surface area contributed by atoms with Crippen molar-refractivity contribution in [3.63, 3.8) is 0 Å². The zero-order valence-corrected chi connectivity index (χ0v) is 14.6. The molecule has 2 unspecified atom stereocenters. The predicted molar refractivity (Wildman–Crippen MR) is 95.7 cm³/mol. The average Bonchev–Trinajstić information content (AvgIpc) is 2.57. The van der Waals surface area contributed by atoms with E-state index >= 15 is 0 Å². The first-order chi connectivity index (χ1) is 12.0. The van der Waals surface area contributed by atoms with Gasteiger partial charge in [-0.2, -0.15) is 0 Å². The quantitative estimate of drug-likeness (QED) is 0.820. The smallest absolute Gasteiger partial charge is 0.336 e. The Bertz CT molecular complexity index is 859. The number of phenols is 1. The Hall–Kier alpha value is -1.85. The monoisotopic (exact) mass is 343 g/mol. The molecule has 2 aromatic rings. The van der Waals surface area contributed by atoms with E-state index in [9.17, 15) is 15.0 Å². The van der Waals surface area contributed by atoms with Crippen molar-refractivity contribution >= 4 is 11.0 Å². The van der Waals surface area contributed by atoms with E-state index in [-0.39, 0.29) is 5.75 Å². The summed E-state index contributed by atoms with van der Waals surface area (Å²) in [7, 11) is 0. The van der Waals surface area contributed by atoms with Gasteiger partial charge in [-0.25, -0.2) is 4.79 Å². The molecular formula is C20H25NO4. The molecule has 5 heteroatoms. The molecule has 2 N–H and O–H groups in total. The minimum absolute atomic E-state index is 0.158. The van der Waals surface area contributed by atoms with E-state index in [1.807, 2.05) is 6.92 Å². The van der Waals surface area contributed by atoms with Gasteiger partial charge in [0.1, 0.15) is 11.3 Å². The van der Waals surface area contributed by atoms with E-state index in [0.717, 1.165) is 49.7 Å². The van der Waals surface area contributed by atoms with Gasteiger partial charge in [0.25, 0.3) is 0 Å². The minimum atomic E-state index is -0.515. The van der Waals surface area contributed by atoms with Crippen LogP contribution in [0.15, 0.2) is 27.4 Å². The van der Waals surface area contributed by atoms with Crippen molar-refractivity contribution in [3.05, 3.63) is 39.7 Å². The Morgan fingerprint density at radius 3 is 3.00 bits per heavy atom. The molecule has 0 spiro atoms. The maximum absolute atomic E-state index is 11.8. The molecule has 1 aromatic carbocycles. The number of hydrogen-bond donors (Lipinski definition) is 2. The van der Waals surface area contributed by atoms with Gasteiger partial charge in [0.2, 0.25) is 0 Å². The van der Waals surface area contributed by atoms with Crippen LogP contribution in [0.1, 0.15) is 43.2 Å². The summed E-state index contributed by atoms with van der Waals surface area (Å²) in [6.45, 7) is 4.02. The fraction of sp³-hybridized carbons (Fsp3) is 0.550. The average molecular weight is 343 g/mol. The standard InChI is InChI=1S/C20H25NO4/c1-13-10-18(23)25-19-15(13)5-6-17(22)16(19)12-21-9-8-20(24)7-3-2-4-14(20)11-21/h5-6,10,14,22,24H,2-4,7-9,11-12H2,1H3. The molecule has 0 radical (unpaired) electrons. The Balaban J connectivity index is 1.65. The molecular weight excluding hydrogens is 318 g/mol. The van der Waals surface area contributed by atoms with Gasteiger partial charge in [-0.15, -0.1) is 0 Å². The summed E-state index contributed by atoms with van der Waals surface area (Å²) in [5, 5.41) is 22.1. The zero-order valence-electron chi connectivity index (χ0n) is 14.6. The second-order valence-electron chi connectivity index (χ2n) is 7.72. The molecule has 2 heterocycles. The molecule has 0 bridgehead atoms. The number of fused-ring (bicyclic) bond motifs is 2. The van der Waals surface area contributed by atoms with Crippen molar-refractivity contribution in [1.29, 1.82) is 0 Å². The van der Waals surface area contributed by atoms with Crippen LogP contribution >= 0.6 is 0 Å². The fourth-order valence-electron chi connectivity index (χ4n) is 4.59. The molecule has 1 aliphatic heterocycles. The van der Waals surface area contributed by atoms with Crippen LogP contribution in [0.2, 0.25) is 0 Å². The first-order valence-corrected chi connectivity index (χ1v) is 9.16. The molecule has 1 saturated carbocycles. The summed E-state index contributed by atoms with van der Waals surface area (Å²) >= 11 is 0. The molecule has 25 heavy (non-hydrogen) atoms. The third-order valence-corrected chi connectivity index (χ3v) is 6.09. The van der Waals surface area contributed by atoms with Gasteiger partial charge in [0.05, 0.1) is 11.2 Å². The van der Waals surface area contributed by atoms with Gasteiger partial charge in [-0.05, 0) is 43.9 Å². The lowest BCUT2D eigenvalue weighted by Crippen LogP contribution is -2.52. The molecule has 2 atom stereocenters.